The molecule has 0 spiro atoms. The van der Waals surface area contributed by atoms with Gasteiger partial charge in [-0.1, -0.05) is 6.07 Å². The van der Waals surface area contributed by atoms with Crippen LogP contribution in [0.15, 0.2) is 42.5 Å². The summed E-state index contributed by atoms with van der Waals surface area (Å²) in [5, 5.41) is 0. The summed E-state index contributed by atoms with van der Waals surface area (Å²) in [6.07, 6.45) is -3.58. The lowest BCUT2D eigenvalue weighted by Crippen LogP contribution is -2.42. The number of rotatable bonds is 6. The number of carbonyl (C=O) groups is 2. The molecule has 30 heavy (non-hydrogen) atoms. The topological polar surface area (TPSA) is 59.1 Å². The van der Waals surface area contributed by atoms with E-state index in [4.69, 9.17) is 9.47 Å². The van der Waals surface area contributed by atoms with Crippen molar-refractivity contribution in [2.24, 2.45) is 0 Å². The number of likely N-dealkylation sites (tertiary alicyclic amines) is 1. The van der Waals surface area contributed by atoms with Gasteiger partial charge >= 0.3 is 6.18 Å². The summed E-state index contributed by atoms with van der Waals surface area (Å²) in [7, 11) is 2.85. The lowest BCUT2D eigenvalue weighted by atomic mass is 10.1. The fourth-order valence-electron chi connectivity index (χ4n) is 3.22. The van der Waals surface area contributed by atoms with Gasteiger partial charge in [0.15, 0.2) is 0 Å². The highest BCUT2D eigenvalue weighted by Crippen LogP contribution is 2.33. The summed E-state index contributed by atoms with van der Waals surface area (Å²) in [5.74, 6) is -0.00731. The molecular formula is C21H21F3N2O4. The molecule has 2 aromatic carbocycles. The van der Waals surface area contributed by atoms with Crippen LogP contribution >= 0.6 is 0 Å². The lowest BCUT2D eigenvalue weighted by molar-refractivity contribution is -0.137. The molecule has 160 valence electrons. The maximum absolute atomic E-state index is 13.3. The first kappa shape index (κ1) is 21.5. The number of ether oxygens (including phenoxy) is 2. The van der Waals surface area contributed by atoms with Gasteiger partial charge in [0, 0.05) is 30.3 Å². The molecule has 6 nitrogen and oxygen atoms in total. The predicted molar refractivity (Wildman–Crippen MR) is 104 cm³/mol. The van der Waals surface area contributed by atoms with E-state index in [1.165, 1.54) is 43.4 Å². The quantitative estimate of drug-likeness (QED) is 0.708. The second-order valence-corrected chi connectivity index (χ2v) is 6.78. The van der Waals surface area contributed by atoms with Crippen LogP contribution in [0.5, 0.6) is 11.5 Å². The highest BCUT2D eigenvalue weighted by Gasteiger charge is 2.32. The number of methoxy groups -OCH3 is 2. The Morgan fingerprint density at radius 2 is 1.77 bits per heavy atom. The van der Waals surface area contributed by atoms with Crippen LogP contribution in [-0.4, -0.2) is 44.1 Å². The molecule has 2 amide bonds. The van der Waals surface area contributed by atoms with Crippen molar-refractivity contribution in [3.63, 3.8) is 0 Å². The summed E-state index contributed by atoms with van der Waals surface area (Å²) in [4.78, 5) is 28.0. The van der Waals surface area contributed by atoms with Crippen molar-refractivity contribution in [3.8, 4) is 11.5 Å². The van der Waals surface area contributed by atoms with E-state index in [-0.39, 0.29) is 23.8 Å². The van der Waals surface area contributed by atoms with Crippen molar-refractivity contribution in [1.82, 2.24) is 4.90 Å². The number of benzene rings is 2. The third kappa shape index (κ3) is 4.67. The van der Waals surface area contributed by atoms with Crippen LogP contribution in [0.25, 0.3) is 0 Å². The standard InChI is InChI=1S/C21H21F3N2O4/c1-29-17-9-14(10-18(12-17)30-2)20(28)26(13-25-8-4-7-19(25)27)16-6-3-5-15(11-16)21(22,23)24/h3,5-6,9-12H,4,7-8,13H2,1-2H3. The van der Waals surface area contributed by atoms with E-state index >= 15 is 0 Å². The average Bonchev–Trinajstić information content (AvgIpc) is 3.15. The number of nitrogens with zero attached hydrogens (tertiary/aromatic N) is 2. The maximum atomic E-state index is 13.3. The number of hydrogen-bond acceptors (Lipinski definition) is 4. The van der Waals surface area contributed by atoms with Crippen LogP contribution in [-0.2, 0) is 11.0 Å². The first-order valence-corrected chi connectivity index (χ1v) is 9.23. The number of alkyl halides is 3. The Kier molecular flexibility index (Phi) is 6.19. The monoisotopic (exact) mass is 422 g/mol. The van der Waals surface area contributed by atoms with Crippen LogP contribution in [0.4, 0.5) is 18.9 Å². The molecule has 0 aliphatic carbocycles. The Morgan fingerprint density at radius 1 is 1.10 bits per heavy atom. The second-order valence-electron chi connectivity index (χ2n) is 6.78. The van der Waals surface area contributed by atoms with Crippen LogP contribution < -0.4 is 14.4 Å². The molecule has 0 aromatic heterocycles. The summed E-state index contributed by atoms with van der Waals surface area (Å²) < 4.78 is 50.0. The molecule has 0 unspecified atom stereocenters. The van der Waals surface area contributed by atoms with E-state index in [9.17, 15) is 22.8 Å². The smallest absolute Gasteiger partial charge is 0.416 e. The molecule has 0 N–H and O–H groups in total. The SMILES string of the molecule is COc1cc(OC)cc(C(=O)N(CN2CCCC2=O)c2cccc(C(F)(F)F)c2)c1. The third-order valence-corrected chi connectivity index (χ3v) is 4.81. The van der Waals surface area contributed by atoms with Crippen LogP contribution in [0, 0.1) is 0 Å². The van der Waals surface area contributed by atoms with Gasteiger partial charge in [0.25, 0.3) is 5.91 Å². The molecule has 2 aromatic rings. The van der Waals surface area contributed by atoms with Gasteiger partial charge in [0.1, 0.15) is 18.2 Å². The minimum absolute atomic E-state index is 0.0383. The molecule has 0 atom stereocenters. The van der Waals surface area contributed by atoms with Crippen molar-refractivity contribution in [3.05, 3.63) is 53.6 Å². The van der Waals surface area contributed by atoms with Crippen molar-refractivity contribution in [2.45, 2.75) is 19.0 Å². The number of hydrogen-bond donors (Lipinski definition) is 0. The van der Waals surface area contributed by atoms with E-state index in [1.807, 2.05) is 0 Å². The molecule has 1 saturated heterocycles. The summed E-state index contributed by atoms with van der Waals surface area (Å²) in [6, 6.07) is 8.99. The Labute approximate surface area is 171 Å². The molecule has 1 fully saturated rings. The third-order valence-electron chi connectivity index (χ3n) is 4.81. The highest BCUT2D eigenvalue weighted by molar-refractivity contribution is 6.06. The van der Waals surface area contributed by atoms with Gasteiger partial charge in [-0.15, -0.1) is 0 Å². The number of anilines is 1. The molecule has 3 rings (SSSR count). The molecule has 1 aliphatic heterocycles. The van der Waals surface area contributed by atoms with Crippen LogP contribution in [0.1, 0.15) is 28.8 Å². The number of halogens is 3. The first-order valence-electron chi connectivity index (χ1n) is 9.23. The average molecular weight is 422 g/mol. The Balaban J connectivity index is 2.03. The van der Waals surface area contributed by atoms with Gasteiger partial charge < -0.3 is 14.4 Å². The van der Waals surface area contributed by atoms with E-state index < -0.39 is 17.6 Å². The first-order chi connectivity index (χ1) is 14.2. The summed E-state index contributed by atoms with van der Waals surface area (Å²) in [6.45, 7) is 0.279. The van der Waals surface area contributed by atoms with Crippen LogP contribution in [0.3, 0.4) is 0 Å². The molecule has 0 bridgehead atoms. The fraction of sp³-hybridized carbons (Fsp3) is 0.333. The van der Waals surface area contributed by atoms with E-state index in [1.54, 1.807) is 6.07 Å². The van der Waals surface area contributed by atoms with Gasteiger partial charge in [-0.2, -0.15) is 13.2 Å². The molecular weight excluding hydrogens is 401 g/mol. The largest absolute Gasteiger partial charge is 0.497 e. The predicted octanol–water partition coefficient (Wildman–Crippen LogP) is 3.95. The minimum atomic E-state index is -4.56. The second kappa shape index (κ2) is 8.64. The van der Waals surface area contributed by atoms with E-state index in [2.05, 4.69) is 0 Å². The number of amides is 2. The van der Waals surface area contributed by atoms with E-state index in [0.717, 1.165) is 17.0 Å². The van der Waals surface area contributed by atoms with Gasteiger partial charge in [0.2, 0.25) is 5.91 Å². The number of carbonyl (C=O) groups excluding carboxylic acids is 2. The van der Waals surface area contributed by atoms with Crippen molar-refractivity contribution < 1.29 is 32.2 Å². The highest BCUT2D eigenvalue weighted by atomic mass is 19.4. The van der Waals surface area contributed by atoms with Crippen molar-refractivity contribution in [1.29, 1.82) is 0 Å². The Bertz CT molecular complexity index is 924. The van der Waals surface area contributed by atoms with Crippen LogP contribution in [0.2, 0.25) is 0 Å². The summed E-state index contributed by atoms with van der Waals surface area (Å²) in [5.41, 5.74) is -0.680. The van der Waals surface area contributed by atoms with Gasteiger partial charge in [-0.05, 0) is 36.8 Å². The Morgan fingerprint density at radius 3 is 2.30 bits per heavy atom. The normalized spacial score (nSPS) is 14.0. The lowest BCUT2D eigenvalue weighted by Gasteiger charge is -2.29. The van der Waals surface area contributed by atoms with E-state index in [0.29, 0.717) is 30.9 Å². The Hall–Kier alpha value is -3.23. The van der Waals surface area contributed by atoms with Gasteiger partial charge in [-0.25, -0.2) is 0 Å². The van der Waals surface area contributed by atoms with Crippen molar-refractivity contribution in [2.75, 3.05) is 32.3 Å². The molecule has 0 saturated carbocycles. The molecule has 1 heterocycles. The zero-order chi connectivity index (χ0) is 21.9. The zero-order valence-electron chi connectivity index (χ0n) is 16.5. The summed E-state index contributed by atoms with van der Waals surface area (Å²) >= 11 is 0. The zero-order valence-corrected chi connectivity index (χ0v) is 16.5. The van der Waals surface area contributed by atoms with Crippen molar-refractivity contribution >= 4 is 17.5 Å². The maximum Gasteiger partial charge on any atom is 0.416 e. The van der Waals surface area contributed by atoms with Gasteiger partial charge in [-0.3, -0.25) is 14.5 Å². The molecule has 0 radical (unpaired) electrons. The minimum Gasteiger partial charge on any atom is -0.497 e. The molecule has 1 aliphatic rings. The fourth-order valence-corrected chi connectivity index (χ4v) is 3.22. The van der Waals surface area contributed by atoms with Gasteiger partial charge in [0.05, 0.1) is 19.8 Å². The molecule has 9 heteroatoms.